The highest BCUT2D eigenvalue weighted by Crippen LogP contribution is 2.41. The van der Waals surface area contributed by atoms with Crippen molar-refractivity contribution in [1.82, 2.24) is 19.9 Å². The van der Waals surface area contributed by atoms with Crippen molar-refractivity contribution >= 4 is 22.6 Å². The van der Waals surface area contributed by atoms with E-state index < -0.39 is 0 Å². The second-order valence-corrected chi connectivity index (χ2v) is 8.80. The molecule has 0 unspecified atom stereocenters. The Morgan fingerprint density at radius 1 is 1.09 bits per heavy atom. The van der Waals surface area contributed by atoms with Crippen LogP contribution in [0.5, 0.6) is 11.5 Å². The smallest absolute Gasteiger partial charge is 0.231 e. The van der Waals surface area contributed by atoms with E-state index in [9.17, 15) is 0 Å². The Bertz CT molecular complexity index is 1260. The number of oxazole rings is 1. The highest BCUT2D eigenvalue weighted by Gasteiger charge is 2.25. The zero-order valence-corrected chi connectivity index (χ0v) is 18.5. The average molecular weight is 451 g/mol. The van der Waals surface area contributed by atoms with Gasteiger partial charge >= 0.3 is 0 Å². The van der Waals surface area contributed by atoms with Crippen LogP contribution in [0.1, 0.15) is 36.0 Å². The molecule has 1 saturated heterocycles. The minimum Gasteiger partial charge on any atom is -0.454 e. The van der Waals surface area contributed by atoms with Crippen LogP contribution in [0, 0.1) is 6.92 Å². The van der Waals surface area contributed by atoms with Gasteiger partial charge in [-0.25, -0.2) is 9.97 Å². The van der Waals surface area contributed by atoms with Gasteiger partial charge < -0.3 is 18.9 Å². The molecular formula is C24H23ClN4O3. The van der Waals surface area contributed by atoms with Gasteiger partial charge in [0.1, 0.15) is 11.6 Å². The number of ether oxygens (including phenoxy) is 2. The maximum Gasteiger partial charge on any atom is 0.231 e. The quantitative estimate of drug-likeness (QED) is 0.455. The van der Waals surface area contributed by atoms with Crippen LogP contribution in [0.3, 0.4) is 0 Å². The van der Waals surface area contributed by atoms with E-state index in [-0.39, 0.29) is 6.79 Å². The number of halogens is 1. The summed E-state index contributed by atoms with van der Waals surface area (Å²) in [5.74, 6) is 4.19. The zero-order chi connectivity index (χ0) is 21.7. The largest absolute Gasteiger partial charge is 0.454 e. The normalized spacial score (nSPS) is 16.8. The maximum atomic E-state index is 6.44. The van der Waals surface area contributed by atoms with E-state index >= 15 is 0 Å². The summed E-state index contributed by atoms with van der Waals surface area (Å²) in [5.41, 5.74) is 3.81. The number of para-hydroxylation sites is 2. The number of aromatic amines is 1. The minimum atomic E-state index is 0.203. The molecule has 164 valence electrons. The van der Waals surface area contributed by atoms with Crippen LogP contribution in [0.15, 0.2) is 40.8 Å². The van der Waals surface area contributed by atoms with Crippen molar-refractivity contribution in [3.8, 4) is 23.0 Å². The van der Waals surface area contributed by atoms with Crippen molar-refractivity contribution < 1.29 is 13.9 Å². The molecule has 1 fully saturated rings. The van der Waals surface area contributed by atoms with Crippen molar-refractivity contribution in [2.24, 2.45) is 0 Å². The number of fused-ring (bicyclic) bond motifs is 2. The Balaban J connectivity index is 1.15. The Kier molecular flexibility index (Phi) is 4.81. The lowest BCUT2D eigenvalue weighted by atomic mass is 9.96. The van der Waals surface area contributed by atoms with Gasteiger partial charge in [0.25, 0.3) is 0 Å². The van der Waals surface area contributed by atoms with Gasteiger partial charge in [-0.15, -0.1) is 0 Å². The van der Waals surface area contributed by atoms with Crippen molar-refractivity contribution in [2.45, 2.75) is 32.2 Å². The van der Waals surface area contributed by atoms with Crippen LogP contribution >= 0.6 is 11.6 Å². The number of hydrogen-bond donors (Lipinski definition) is 1. The predicted octanol–water partition coefficient (Wildman–Crippen LogP) is 5.29. The van der Waals surface area contributed by atoms with Crippen LogP contribution in [-0.2, 0) is 6.54 Å². The average Bonchev–Trinajstić information content (AvgIpc) is 3.52. The van der Waals surface area contributed by atoms with E-state index in [1.165, 1.54) is 0 Å². The van der Waals surface area contributed by atoms with Crippen LogP contribution in [0.25, 0.3) is 22.5 Å². The minimum absolute atomic E-state index is 0.203. The van der Waals surface area contributed by atoms with Gasteiger partial charge in [0.15, 0.2) is 11.5 Å². The molecule has 0 saturated carbocycles. The highest BCUT2D eigenvalue weighted by atomic mass is 35.5. The summed E-state index contributed by atoms with van der Waals surface area (Å²) in [6.45, 7) is 4.90. The molecule has 2 aliphatic heterocycles. The molecule has 0 atom stereocenters. The van der Waals surface area contributed by atoms with Gasteiger partial charge in [-0.2, -0.15) is 0 Å². The lowest BCUT2D eigenvalue weighted by Gasteiger charge is -2.30. The van der Waals surface area contributed by atoms with E-state index in [1.54, 1.807) is 6.07 Å². The summed E-state index contributed by atoms with van der Waals surface area (Å²) in [5, 5.41) is 0.536. The first-order valence-electron chi connectivity index (χ1n) is 10.9. The molecule has 8 heteroatoms. The molecule has 0 amide bonds. The van der Waals surface area contributed by atoms with Crippen molar-refractivity contribution in [2.75, 3.05) is 19.9 Å². The standard InChI is InChI=1S/C24H23ClN4O3/c1-14-20(28-24(32-14)16-10-21-22(11-17(16)25)31-13-30-21)12-29-8-6-15(7-9-29)23-26-18-4-2-3-5-19(18)27-23/h2-5,10-11,15H,6-9,12-13H2,1H3,(H,26,27). The van der Waals surface area contributed by atoms with Crippen LogP contribution in [0.4, 0.5) is 0 Å². The second-order valence-electron chi connectivity index (χ2n) is 8.40. The number of aromatic nitrogens is 3. The highest BCUT2D eigenvalue weighted by molar-refractivity contribution is 6.33. The number of nitrogens with one attached hydrogen (secondary N) is 1. The topological polar surface area (TPSA) is 76.4 Å². The summed E-state index contributed by atoms with van der Waals surface area (Å²) in [6.07, 6.45) is 2.13. The fourth-order valence-electron chi connectivity index (χ4n) is 4.51. The number of piperidine rings is 1. The van der Waals surface area contributed by atoms with Crippen LogP contribution in [0.2, 0.25) is 5.02 Å². The molecule has 4 aromatic rings. The van der Waals surface area contributed by atoms with E-state index in [4.69, 9.17) is 35.5 Å². The van der Waals surface area contributed by atoms with Gasteiger partial charge in [-0.1, -0.05) is 23.7 Å². The molecule has 2 aromatic heterocycles. The summed E-state index contributed by atoms with van der Waals surface area (Å²) in [6, 6.07) is 11.8. The third-order valence-electron chi connectivity index (χ3n) is 6.34. The molecule has 7 nitrogen and oxygen atoms in total. The van der Waals surface area contributed by atoms with Crippen LogP contribution < -0.4 is 9.47 Å². The molecule has 0 radical (unpaired) electrons. The number of rotatable bonds is 4. The first kappa shape index (κ1) is 19.6. The number of likely N-dealkylation sites (tertiary alicyclic amines) is 1. The van der Waals surface area contributed by atoms with Gasteiger partial charge in [0.2, 0.25) is 12.7 Å². The number of hydrogen-bond acceptors (Lipinski definition) is 6. The van der Waals surface area contributed by atoms with Crippen molar-refractivity contribution in [3.63, 3.8) is 0 Å². The molecule has 32 heavy (non-hydrogen) atoms. The fraction of sp³-hybridized carbons (Fsp3) is 0.333. The summed E-state index contributed by atoms with van der Waals surface area (Å²) >= 11 is 6.44. The third kappa shape index (κ3) is 3.51. The van der Waals surface area contributed by atoms with E-state index in [2.05, 4.69) is 22.0 Å². The first-order chi connectivity index (χ1) is 15.6. The number of H-pyrrole nitrogens is 1. The SMILES string of the molecule is Cc1oc(-c2cc3c(cc2Cl)OCO3)nc1CN1CCC(c2nc3ccccc3[nH]2)CC1. The molecule has 1 N–H and O–H groups in total. The predicted molar refractivity (Wildman–Crippen MR) is 121 cm³/mol. The lowest BCUT2D eigenvalue weighted by molar-refractivity contribution is 0.174. The zero-order valence-electron chi connectivity index (χ0n) is 17.7. The van der Waals surface area contributed by atoms with Gasteiger partial charge in [-0.05, 0) is 51.1 Å². The van der Waals surface area contributed by atoms with E-state index in [1.807, 2.05) is 25.1 Å². The number of nitrogens with zero attached hydrogens (tertiary/aromatic N) is 3. The Morgan fingerprint density at radius 2 is 1.88 bits per heavy atom. The van der Waals surface area contributed by atoms with Gasteiger partial charge in [0, 0.05) is 18.5 Å². The molecule has 2 aliphatic rings. The fourth-order valence-corrected chi connectivity index (χ4v) is 4.75. The van der Waals surface area contributed by atoms with Gasteiger partial charge in [0.05, 0.1) is 27.3 Å². The summed E-state index contributed by atoms with van der Waals surface area (Å²) in [4.78, 5) is 15.5. The van der Waals surface area contributed by atoms with Crippen molar-refractivity contribution in [1.29, 1.82) is 0 Å². The van der Waals surface area contributed by atoms with Crippen LogP contribution in [-0.4, -0.2) is 39.7 Å². The molecule has 0 aliphatic carbocycles. The maximum absolute atomic E-state index is 6.44. The Morgan fingerprint density at radius 3 is 2.69 bits per heavy atom. The Hall–Kier alpha value is -3.03. The van der Waals surface area contributed by atoms with Crippen molar-refractivity contribution in [3.05, 3.63) is 58.7 Å². The summed E-state index contributed by atoms with van der Waals surface area (Å²) < 4.78 is 16.8. The van der Waals surface area contributed by atoms with Gasteiger partial charge in [-0.3, -0.25) is 4.90 Å². The molecule has 6 rings (SSSR count). The Labute approximate surface area is 190 Å². The van der Waals surface area contributed by atoms with E-state index in [0.717, 1.165) is 60.8 Å². The second kappa shape index (κ2) is 7.83. The molecule has 2 aromatic carbocycles. The lowest BCUT2D eigenvalue weighted by Crippen LogP contribution is -2.33. The monoisotopic (exact) mass is 450 g/mol. The first-order valence-corrected chi connectivity index (χ1v) is 11.2. The summed E-state index contributed by atoms with van der Waals surface area (Å²) in [7, 11) is 0. The third-order valence-corrected chi connectivity index (χ3v) is 6.65. The number of imidazole rings is 1. The number of aryl methyl sites for hydroxylation is 1. The molecule has 0 spiro atoms. The molecular weight excluding hydrogens is 428 g/mol. The molecule has 4 heterocycles. The molecule has 0 bridgehead atoms. The number of benzene rings is 2. The van der Waals surface area contributed by atoms with E-state index in [0.29, 0.717) is 33.9 Å².